The lowest BCUT2D eigenvalue weighted by Gasteiger charge is -2.06. The molecule has 4 heteroatoms. The topological polar surface area (TPSA) is 46.2 Å². The van der Waals surface area contributed by atoms with Gasteiger partial charge in [-0.3, -0.25) is 9.59 Å². The van der Waals surface area contributed by atoms with Crippen molar-refractivity contribution in [1.29, 1.82) is 0 Å². The summed E-state index contributed by atoms with van der Waals surface area (Å²) in [4.78, 5) is 23.4. The fraction of sp³-hybridized carbons (Fsp3) is 0.125. The van der Waals surface area contributed by atoms with Gasteiger partial charge in [0.1, 0.15) is 6.29 Å². The summed E-state index contributed by atoms with van der Waals surface area (Å²) in [6.45, 7) is 1.98. The van der Waals surface area contributed by atoms with E-state index in [1.807, 2.05) is 43.3 Å². The molecule has 1 N–H and O–H groups in total. The maximum absolute atomic E-state index is 11.9. The van der Waals surface area contributed by atoms with Crippen LogP contribution in [-0.4, -0.2) is 17.9 Å². The highest BCUT2D eigenvalue weighted by Crippen LogP contribution is 2.19. The molecule has 2 aromatic rings. The summed E-state index contributed by atoms with van der Waals surface area (Å²) in [5.74, 6) is 0.257. The first kappa shape index (κ1) is 14.3. The molecule has 0 bridgehead atoms. The normalized spacial score (nSPS) is 10.1. The van der Waals surface area contributed by atoms with E-state index < -0.39 is 0 Å². The summed E-state index contributed by atoms with van der Waals surface area (Å²) in [6.07, 6.45) is 0.802. The number of aryl methyl sites for hydroxylation is 1. The standard InChI is InChI=1S/C16H15NO2S/c1-12-4-2-6-14(8-12)17-16(19)11-20-15-7-3-5-13(9-15)10-18/h2-10H,11H2,1H3,(H,17,19). The molecule has 0 aliphatic carbocycles. The molecule has 102 valence electrons. The first-order valence-corrected chi connectivity index (χ1v) is 7.20. The fourth-order valence-electron chi connectivity index (χ4n) is 1.75. The molecule has 0 unspecified atom stereocenters. The van der Waals surface area contributed by atoms with Crippen molar-refractivity contribution in [3.05, 3.63) is 59.7 Å². The molecule has 20 heavy (non-hydrogen) atoms. The average Bonchev–Trinajstić information content (AvgIpc) is 2.45. The number of anilines is 1. The Morgan fingerprint density at radius 2 is 2.00 bits per heavy atom. The van der Waals surface area contributed by atoms with E-state index in [9.17, 15) is 9.59 Å². The molecule has 0 saturated heterocycles. The van der Waals surface area contributed by atoms with Gasteiger partial charge in [0.15, 0.2) is 0 Å². The maximum atomic E-state index is 11.9. The largest absolute Gasteiger partial charge is 0.325 e. The van der Waals surface area contributed by atoms with Crippen LogP contribution in [0.15, 0.2) is 53.4 Å². The number of thioether (sulfide) groups is 1. The monoisotopic (exact) mass is 285 g/mol. The van der Waals surface area contributed by atoms with Gasteiger partial charge in [0, 0.05) is 16.1 Å². The molecule has 3 nitrogen and oxygen atoms in total. The number of carbonyl (C=O) groups is 2. The third-order valence-electron chi connectivity index (χ3n) is 2.67. The van der Waals surface area contributed by atoms with Crippen LogP contribution in [0.2, 0.25) is 0 Å². The summed E-state index contributed by atoms with van der Waals surface area (Å²) in [6, 6.07) is 14.9. The van der Waals surface area contributed by atoms with Crippen LogP contribution in [0.4, 0.5) is 5.69 Å². The molecule has 2 aromatic carbocycles. The van der Waals surface area contributed by atoms with Crippen LogP contribution in [0.1, 0.15) is 15.9 Å². The van der Waals surface area contributed by atoms with Crippen molar-refractivity contribution < 1.29 is 9.59 Å². The van der Waals surface area contributed by atoms with E-state index in [0.717, 1.165) is 22.4 Å². The first-order chi connectivity index (χ1) is 9.67. The summed E-state index contributed by atoms with van der Waals surface area (Å²) in [7, 11) is 0. The van der Waals surface area contributed by atoms with Gasteiger partial charge in [0.25, 0.3) is 0 Å². The van der Waals surface area contributed by atoms with Crippen molar-refractivity contribution in [1.82, 2.24) is 0 Å². The quantitative estimate of drug-likeness (QED) is 0.675. The Balaban J connectivity index is 1.90. The molecule has 0 heterocycles. The lowest BCUT2D eigenvalue weighted by Crippen LogP contribution is -2.13. The fourth-order valence-corrected chi connectivity index (χ4v) is 2.51. The summed E-state index contributed by atoms with van der Waals surface area (Å²) < 4.78 is 0. The molecule has 0 spiro atoms. The van der Waals surface area contributed by atoms with E-state index in [2.05, 4.69) is 5.32 Å². The zero-order valence-corrected chi connectivity index (χ0v) is 11.9. The predicted molar refractivity (Wildman–Crippen MR) is 82.4 cm³/mol. The molecule has 0 radical (unpaired) electrons. The van der Waals surface area contributed by atoms with Gasteiger partial charge in [-0.1, -0.05) is 24.3 Å². The second-order valence-corrected chi connectivity index (χ2v) is 5.45. The number of carbonyl (C=O) groups excluding carboxylic acids is 2. The van der Waals surface area contributed by atoms with E-state index in [1.165, 1.54) is 11.8 Å². The van der Waals surface area contributed by atoms with Gasteiger partial charge in [-0.2, -0.15) is 0 Å². The molecule has 0 fully saturated rings. The van der Waals surface area contributed by atoms with Crippen LogP contribution in [0.25, 0.3) is 0 Å². The minimum Gasteiger partial charge on any atom is -0.325 e. The van der Waals surface area contributed by atoms with Gasteiger partial charge in [-0.25, -0.2) is 0 Å². The molecule has 1 amide bonds. The molecule has 0 atom stereocenters. The highest BCUT2D eigenvalue weighted by atomic mass is 32.2. The second kappa shape index (κ2) is 6.91. The van der Waals surface area contributed by atoms with E-state index >= 15 is 0 Å². The molecular weight excluding hydrogens is 270 g/mol. The van der Waals surface area contributed by atoms with Crippen LogP contribution >= 0.6 is 11.8 Å². The van der Waals surface area contributed by atoms with Gasteiger partial charge in [0.05, 0.1) is 5.75 Å². The molecule has 0 aliphatic heterocycles. The van der Waals surface area contributed by atoms with Gasteiger partial charge in [0.2, 0.25) is 5.91 Å². The van der Waals surface area contributed by atoms with Crippen LogP contribution in [0.3, 0.4) is 0 Å². The Hall–Kier alpha value is -2.07. The highest BCUT2D eigenvalue weighted by Gasteiger charge is 2.04. The molecule has 0 aliphatic rings. The van der Waals surface area contributed by atoms with E-state index in [1.54, 1.807) is 12.1 Å². The number of benzene rings is 2. The first-order valence-electron chi connectivity index (χ1n) is 6.22. The number of nitrogens with one attached hydrogen (secondary N) is 1. The van der Waals surface area contributed by atoms with E-state index in [-0.39, 0.29) is 5.91 Å². The smallest absolute Gasteiger partial charge is 0.234 e. The number of rotatable bonds is 5. The van der Waals surface area contributed by atoms with Crippen molar-refractivity contribution in [2.24, 2.45) is 0 Å². The van der Waals surface area contributed by atoms with Gasteiger partial charge >= 0.3 is 0 Å². The zero-order valence-electron chi connectivity index (χ0n) is 11.1. The minimum atomic E-state index is -0.0582. The number of hydrogen-bond acceptors (Lipinski definition) is 3. The summed E-state index contributed by atoms with van der Waals surface area (Å²) in [5, 5.41) is 2.85. The minimum absolute atomic E-state index is 0.0582. The van der Waals surface area contributed by atoms with E-state index in [4.69, 9.17) is 0 Å². The van der Waals surface area contributed by atoms with Crippen LogP contribution in [0, 0.1) is 6.92 Å². The van der Waals surface area contributed by atoms with Crippen molar-refractivity contribution in [2.75, 3.05) is 11.1 Å². The van der Waals surface area contributed by atoms with Crippen molar-refractivity contribution in [3.63, 3.8) is 0 Å². The number of hydrogen-bond donors (Lipinski definition) is 1. The Labute approximate surface area is 122 Å². The molecular formula is C16H15NO2S. The molecule has 2 rings (SSSR count). The van der Waals surface area contributed by atoms with Gasteiger partial charge < -0.3 is 5.32 Å². The SMILES string of the molecule is Cc1cccc(NC(=O)CSc2cccc(C=O)c2)c1. The lowest BCUT2D eigenvalue weighted by atomic mass is 10.2. The highest BCUT2D eigenvalue weighted by molar-refractivity contribution is 8.00. The molecule has 0 saturated carbocycles. The Morgan fingerprint density at radius 1 is 1.20 bits per heavy atom. The summed E-state index contributed by atoms with van der Waals surface area (Å²) >= 11 is 1.41. The lowest BCUT2D eigenvalue weighted by molar-refractivity contribution is -0.113. The number of aldehydes is 1. The zero-order chi connectivity index (χ0) is 14.4. The number of amides is 1. The van der Waals surface area contributed by atoms with Gasteiger partial charge in [-0.15, -0.1) is 11.8 Å². The Morgan fingerprint density at radius 3 is 2.75 bits per heavy atom. The Kier molecular flexibility index (Phi) is 4.96. The molecule has 0 aromatic heterocycles. The third kappa shape index (κ3) is 4.24. The van der Waals surface area contributed by atoms with E-state index in [0.29, 0.717) is 11.3 Å². The van der Waals surface area contributed by atoms with Crippen LogP contribution in [0.5, 0.6) is 0 Å². The summed E-state index contributed by atoms with van der Waals surface area (Å²) in [5.41, 5.74) is 2.53. The average molecular weight is 285 g/mol. The second-order valence-electron chi connectivity index (χ2n) is 4.40. The van der Waals surface area contributed by atoms with Crippen molar-refractivity contribution in [2.45, 2.75) is 11.8 Å². The Bertz CT molecular complexity index is 625. The van der Waals surface area contributed by atoms with Gasteiger partial charge in [-0.05, 0) is 36.8 Å². The van der Waals surface area contributed by atoms with Crippen LogP contribution < -0.4 is 5.32 Å². The van der Waals surface area contributed by atoms with Crippen molar-refractivity contribution in [3.8, 4) is 0 Å². The maximum Gasteiger partial charge on any atom is 0.234 e. The third-order valence-corrected chi connectivity index (χ3v) is 3.66. The van der Waals surface area contributed by atoms with Crippen LogP contribution in [-0.2, 0) is 4.79 Å². The van der Waals surface area contributed by atoms with Crippen molar-refractivity contribution >= 4 is 29.6 Å². The predicted octanol–water partition coefficient (Wildman–Crippen LogP) is 3.54.